The maximum absolute atomic E-state index is 12.9. The molecule has 1 rings (SSSR count). The van der Waals surface area contributed by atoms with Crippen LogP contribution < -0.4 is 5.32 Å². The largest absolute Gasteiger partial charge is 0.456 e. The number of hydrogen-bond donors (Lipinski definition) is 1. The third-order valence-electron chi connectivity index (χ3n) is 5.30. The van der Waals surface area contributed by atoms with Crippen LogP contribution in [-0.2, 0) is 15.9 Å². The van der Waals surface area contributed by atoms with Crippen LogP contribution in [-0.4, -0.2) is 24.3 Å². The minimum absolute atomic E-state index is 0.394. The topological polar surface area (TPSA) is 64.6 Å². The molecule has 0 spiro atoms. The average molecular weight is 468 g/mol. The van der Waals surface area contributed by atoms with Gasteiger partial charge in [0.15, 0.2) is 0 Å². The van der Waals surface area contributed by atoms with E-state index in [0.717, 1.165) is 36.1 Å². The van der Waals surface area contributed by atoms with Crippen LogP contribution in [0.1, 0.15) is 126 Å². The number of unbranched alkanes of at least 4 members (excludes halogenated alkanes) is 9. The molecule has 6 heteroatoms. The summed E-state index contributed by atoms with van der Waals surface area (Å²) in [6, 6.07) is 0. The Bertz CT molecular complexity index is 691. The molecule has 1 amide bonds. The molecule has 1 N–H and O–H groups in total. The molecule has 0 atom stereocenters. The quantitative estimate of drug-likeness (QED) is 0.208. The van der Waals surface area contributed by atoms with Crippen molar-refractivity contribution in [2.75, 3.05) is 11.9 Å². The molecule has 0 aromatic carbocycles. The molecule has 0 saturated heterocycles. The first kappa shape index (κ1) is 28.5. The second-order valence-electron chi connectivity index (χ2n) is 9.55. The molecule has 0 aliphatic rings. The minimum atomic E-state index is -0.596. The zero-order valence-electron chi connectivity index (χ0n) is 21.2. The van der Waals surface area contributed by atoms with Gasteiger partial charge in [0.05, 0.1) is 12.2 Å². The molecular weight excluding hydrogens is 422 g/mol. The van der Waals surface area contributed by atoms with E-state index in [1.54, 1.807) is 0 Å². The van der Waals surface area contributed by atoms with Crippen LogP contribution in [0.5, 0.6) is 0 Å². The van der Waals surface area contributed by atoms with Gasteiger partial charge >= 0.3 is 12.1 Å². The van der Waals surface area contributed by atoms with Gasteiger partial charge in [0, 0.05) is 4.88 Å². The highest BCUT2D eigenvalue weighted by Gasteiger charge is 2.27. The standard InChI is InChI=1S/C26H45NO4S/c1-7-9-11-13-15-17-19-30-25(29)27-23-22(24(28)31-26(4,5)6)20(3)21(32-23)18-16-14-12-10-8-2/h7-19H2,1-6H3,(H,27,29). The van der Waals surface area contributed by atoms with E-state index < -0.39 is 17.7 Å². The lowest BCUT2D eigenvalue weighted by molar-refractivity contribution is 0.00704. The van der Waals surface area contributed by atoms with E-state index in [0.29, 0.717) is 17.2 Å². The lowest BCUT2D eigenvalue weighted by atomic mass is 10.1. The Kier molecular flexibility index (Phi) is 13.6. The SMILES string of the molecule is CCCCCCCCOC(=O)Nc1sc(CCCCCCC)c(C)c1C(=O)OC(C)(C)C. The van der Waals surface area contributed by atoms with Gasteiger partial charge in [-0.2, -0.15) is 0 Å². The molecule has 0 saturated carbocycles. The highest BCUT2D eigenvalue weighted by molar-refractivity contribution is 7.16. The second kappa shape index (κ2) is 15.3. The third-order valence-corrected chi connectivity index (χ3v) is 6.57. The van der Waals surface area contributed by atoms with Crippen molar-refractivity contribution in [3.8, 4) is 0 Å². The average Bonchev–Trinajstić information content (AvgIpc) is 3.00. The van der Waals surface area contributed by atoms with Crippen molar-refractivity contribution < 1.29 is 19.1 Å². The number of rotatable bonds is 15. The first-order valence-electron chi connectivity index (χ1n) is 12.5. The Morgan fingerprint density at radius 1 is 0.875 bits per heavy atom. The third kappa shape index (κ3) is 11.3. The summed E-state index contributed by atoms with van der Waals surface area (Å²) in [5, 5.41) is 3.35. The summed E-state index contributed by atoms with van der Waals surface area (Å²) in [4.78, 5) is 26.4. The summed E-state index contributed by atoms with van der Waals surface area (Å²) in [6.07, 6.45) is 13.2. The number of nitrogens with one attached hydrogen (secondary N) is 1. The fourth-order valence-electron chi connectivity index (χ4n) is 3.53. The summed E-state index contributed by atoms with van der Waals surface area (Å²) < 4.78 is 11.0. The van der Waals surface area contributed by atoms with E-state index in [2.05, 4.69) is 19.2 Å². The van der Waals surface area contributed by atoms with E-state index >= 15 is 0 Å². The van der Waals surface area contributed by atoms with Crippen LogP contribution in [0.4, 0.5) is 9.80 Å². The van der Waals surface area contributed by atoms with Crippen molar-refractivity contribution in [3.63, 3.8) is 0 Å². The van der Waals surface area contributed by atoms with E-state index in [1.807, 2.05) is 27.7 Å². The molecule has 0 bridgehead atoms. The molecule has 0 fully saturated rings. The predicted octanol–water partition coefficient (Wildman–Crippen LogP) is 8.43. The highest BCUT2D eigenvalue weighted by atomic mass is 32.1. The Morgan fingerprint density at radius 3 is 2.03 bits per heavy atom. The van der Waals surface area contributed by atoms with Crippen molar-refractivity contribution in [1.82, 2.24) is 0 Å². The van der Waals surface area contributed by atoms with Gasteiger partial charge in [0.25, 0.3) is 0 Å². The Morgan fingerprint density at radius 2 is 1.44 bits per heavy atom. The minimum Gasteiger partial charge on any atom is -0.456 e. The Balaban J connectivity index is 2.75. The van der Waals surface area contributed by atoms with Crippen molar-refractivity contribution in [3.05, 3.63) is 16.0 Å². The van der Waals surface area contributed by atoms with E-state index in [4.69, 9.17) is 9.47 Å². The fourth-order valence-corrected chi connectivity index (χ4v) is 4.75. The Hall–Kier alpha value is -1.56. The summed E-state index contributed by atoms with van der Waals surface area (Å²) >= 11 is 1.47. The van der Waals surface area contributed by atoms with E-state index in [1.165, 1.54) is 62.7 Å². The van der Waals surface area contributed by atoms with Crippen LogP contribution in [0, 0.1) is 6.92 Å². The molecule has 5 nitrogen and oxygen atoms in total. The Labute approximate surface area is 199 Å². The first-order valence-corrected chi connectivity index (χ1v) is 13.3. The summed E-state index contributed by atoms with van der Waals surface area (Å²) in [5.41, 5.74) is 0.775. The number of anilines is 1. The van der Waals surface area contributed by atoms with Crippen LogP contribution in [0.2, 0.25) is 0 Å². The number of esters is 1. The molecule has 1 aromatic rings. The normalized spacial score (nSPS) is 11.4. The highest BCUT2D eigenvalue weighted by Crippen LogP contribution is 2.35. The summed E-state index contributed by atoms with van der Waals surface area (Å²) in [6.45, 7) is 12.3. The zero-order chi connectivity index (χ0) is 24.0. The van der Waals surface area contributed by atoms with Crippen molar-refractivity contribution in [1.29, 1.82) is 0 Å². The molecule has 0 aliphatic carbocycles. The lowest BCUT2D eigenvalue weighted by Gasteiger charge is -2.20. The van der Waals surface area contributed by atoms with Crippen LogP contribution in [0.15, 0.2) is 0 Å². The number of hydrogen-bond acceptors (Lipinski definition) is 5. The molecule has 1 heterocycles. The maximum Gasteiger partial charge on any atom is 0.412 e. The van der Waals surface area contributed by atoms with Crippen LogP contribution in [0.25, 0.3) is 0 Å². The van der Waals surface area contributed by atoms with E-state index in [-0.39, 0.29) is 0 Å². The van der Waals surface area contributed by atoms with Gasteiger partial charge in [-0.15, -0.1) is 11.3 Å². The number of carbonyl (C=O) groups excluding carboxylic acids is 2. The zero-order valence-corrected chi connectivity index (χ0v) is 22.1. The predicted molar refractivity (Wildman–Crippen MR) is 135 cm³/mol. The van der Waals surface area contributed by atoms with Gasteiger partial charge in [-0.25, -0.2) is 9.59 Å². The van der Waals surface area contributed by atoms with Crippen molar-refractivity contribution >= 4 is 28.4 Å². The molecule has 0 unspecified atom stereocenters. The molecule has 184 valence electrons. The number of thiophene rings is 1. The second-order valence-corrected chi connectivity index (χ2v) is 10.7. The molecule has 1 aromatic heterocycles. The van der Waals surface area contributed by atoms with Gasteiger partial charge in [-0.3, -0.25) is 5.32 Å². The number of aryl methyl sites for hydroxylation is 1. The smallest absolute Gasteiger partial charge is 0.412 e. The van der Waals surface area contributed by atoms with Crippen LogP contribution >= 0.6 is 11.3 Å². The summed E-state index contributed by atoms with van der Waals surface area (Å²) in [5.74, 6) is -0.394. The lowest BCUT2D eigenvalue weighted by Crippen LogP contribution is -2.25. The number of amides is 1. The summed E-state index contributed by atoms with van der Waals surface area (Å²) in [7, 11) is 0. The van der Waals surface area contributed by atoms with Gasteiger partial charge in [0.2, 0.25) is 0 Å². The number of ether oxygens (including phenoxy) is 2. The van der Waals surface area contributed by atoms with E-state index in [9.17, 15) is 9.59 Å². The fraction of sp³-hybridized carbons (Fsp3) is 0.769. The molecular formula is C26H45NO4S. The van der Waals surface area contributed by atoms with Crippen molar-refractivity contribution in [2.45, 2.75) is 124 Å². The van der Waals surface area contributed by atoms with Crippen LogP contribution in [0.3, 0.4) is 0 Å². The first-order chi connectivity index (χ1) is 15.2. The molecule has 32 heavy (non-hydrogen) atoms. The molecule has 0 radical (unpaired) electrons. The van der Waals surface area contributed by atoms with Gasteiger partial charge in [0.1, 0.15) is 10.6 Å². The maximum atomic E-state index is 12.9. The number of carbonyl (C=O) groups is 2. The monoisotopic (exact) mass is 467 g/mol. The van der Waals surface area contributed by atoms with Crippen molar-refractivity contribution in [2.24, 2.45) is 0 Å². The van der Waals surface area contributed by atoms with Gasteiger partial charge in [-0.1, -0.05) is 71.6 Å². The van der Waals surface area contributed by atoms with Gasteiger partial charge in [-0.05, 0) is 52.5 Å². The molecule has 0 aliphatic heterocycles. The van der Waals surface area contributed by atoms with Gasteiger partial charge < -0.3 is 9.47 Å².